The van der Waals surface area contributed by atoms with E-state index in [2.05, 4.69) is 0 Å². The molecular weight excluding hydrogens is 242 g/mol. The Balaban J connectivity index is 2.62. The average molecular weight is 265 g/mol. The Morgan fingerprint density at radius 2 is 1.89 bits per heavy atom. The summed E-state index contributed by atoms with van der Waals surface area (Å²) in [6, 6.07) is 7.71. The molecule has 106 valence electrons. The third-order valence-electron chi connectivity index (χ3n) is 3.09. The molecule has 1 aromatic carbocycles. The third kappa shape index (κ3) is 4.24. The van der Waals surface area contributed by atoms with Crippen molar-refractivity contribution in [1.82, 2.24) is 0 Å². The molecule has 0 aliphatic heterocycles. The molecule has 0 heterocycles. The molecule has 0 fully saturated rings. The molecule has 0 unspecified atom stereocenters. The van der Waals surface area contributed by atoms with Crippen molar-refractivity contribution in [2.24, 2.45) is 11.1 Å². The van der Waals surface area contributed by atoms with Gasteiger partial charge in [0, 0.05) is 6.04 Å². The van der Waals surface area contributed by atoms with Crippen molar-refractivity contribution in [3.05, 3.63) is 29.8 Å². The zero-order chi connectivity index (χ0) is 14.5. The molecule has 0 bridgehead atoms. The van der Waals surface area contributed by atoms with Gasteiger partial charge < -0.3 is 15.2 Å². The molecule has 2 N–H and O–H groups in total. The van der Waals surface area contributed by atoms with Gasteiger partial charge in [-0.25, -0.2) is 0 Å². The van der Waals surface area contributed by atoms with Crippen LogP contribution in [0.25, 0.3) is 0 Å². The zero-order valence-corrected chi connectivity index (χ0v) is 12.1. The summed E-state index contributed by atoms with van der Waals surface area (Å²) in [5.41, 5.74) is 6.37. The van der Waals surface area contributed by atoms with Gasteiger partial charge in [0.1, 0.15) is 12.4 Å². The molecule has 0 aromatic heterocycles. The van der Waals surface area contributed by atoms with Gasteiger partial charge in [-0.15, -0.1) is 0 Å². The number of carbonyl (C=O) groups is 1. The highest BCUT2D eigenvalue weighted by molar-refractivity contribution is 5.75. The van der Waals surface area contributed by atoms with Crippen LogP contribution in [-0.4, -0.2) is 19.7 Å². The Bertz CT molecular complexity index is 412. The summed E-state index contributed by atoms with van der Waals surface area (Å²) in [4.78, 5) is 11.5. The van der Waals surface area contributed by atoms with E-state index < -0.39 is 5.41 Å². The van der Waals surface area contributed by atoms with Crippen LogP contribution < -0.4 is 10.5 Å². The lowest BCUT2D eigenvalue weighted by molar-refractivity contribution is -0.152. The smallest absolute Gasteiger partial charge is 0.314 e. The lowest BCUT2D eigenvalue weighted by atomic mass is 9.95. The molecule has 19 heavy (non-hydrogen) atoms. The van der Waals surface area contributed by atoms with E-state index in [1.54, 1.807) is 13.8 Å². The SMILES string of the molecule is CC[C@H](N)c1ccc(OCC(C)(C)C(=O)OC)cc1. The number of benzene rings is 1. The van der Waals surface area contributed by atoms with Gasteiger partial charge >= 0.3 is 5.97 Å². The topological polar surface area (TPSA) is 61.5 Å². The number of methoxy groups -OCH3 is 1. The number of ether oxygens (including phenoxy) is 2. The van der Waals surface area contributed by atoms with Crippen molar-refractivity contribution in [2.45, 2.75) is 33.2 Å². The van der Waals surface area contributed by atoms with Gasteiger partial charge in [-0.05, 0) is 38.0 Å². The fourth-order valence-corrected chi connectivity index (χ4v) is 1.65. The molecule has 1 atom stereocenters. The van der Waals surface area contributed by atoms with E-state index in [0.717, 1.165) is 17.7 Å². The highest BCUT2D eigenvalue weighted by atomic mass is 16.5. The van der Waals surface area contributed by atoms with Crippen molar-refractivity contribution in [3.63, 3.8) is 0 Å². The highest BCUT2D eigenvalue weighted by Crippen LogP contribution is 2.22. The lowest BCUT2D eigenvalue weighted by Crippen LogP contribution is -2.32. The van der Waals surface area contributed by atoms with Crippen LogP contribution in [0.15, 0.2) is 24.3 Å². The molecule has 0 amide bonds. The second-order valence-corrected chi connectivity index (χ2v) is 5.25. The van der Waals surface area contributed by atoms with Crippen LogP contribution in [0.4, 0.5) is 0 Å². The summed E-state index contributed by atoms with van der Waals surface area (Å²) < 4.78 is 10.4. The highest BCUT2D eigenvalue weighted by Gasteiger charge is 2.29. The Morgan fingerprint density at radius 1 is 1.32 bits per heavy atom. The minimum atomic E-state index is -0.659. The van der Waals surface area contributed by atoms with Crippen LogP contribution >= 0.6 is 0 Å². The molecule has 1 aromatic rings. The summed E-state index contributed by atoms with van der Waals surface area (Å²) in [7, 11) is 1.38. The minimum absolute atomic E-state index is 0.0561. The fourth-order valence-electron chi connectivity index (χ4n) is 1.65. The first-order chi connectivity index (χ1) is 8.90. The number of carbonyl (C=O) groups excluding carboxylic acids is 1. The van der Waals surface area contributed by atoms with E-state index in [-0.39, 0.29) is 18.6 Å². The summed E-state index contributed by atoms with van der Waals surface area (Å²) in [6.45, 7) is 5.91. The van der Waals surface area contributed by atoms with Crippen molar-refractivity contribution in [1.29, 1.82) is 0 Å². The van der Waals surface area contributed by atoms with Crippen LogP contribution in [0.2, 0.25) is 0 Å². The largest absolute Gasteiger partial charge is 0.492 e. The van der Waals surface area contributed by atoms with Crippen LogP contribution in [0.3, 0.4) is 0 Å². The molecule has 4 heteroatoms. The van der Waals surface area contributed by atoms with Gasteiger partial charge in [0.25, 0.3) is 0 Å². The second-order valence-electron chi connectivity index (χ2n) is 5.25. The number of esters is 1. The number of nitrogens with two attached hydrogens (primary N) is 1. The van der Waals surface area contributed by atoms with E-state index in [1.807, 2.05) is 31.2 Å². The molecule has 0 aliphatic rings. The van der Waals surface area contributed by atoms with E-state index in [0.29, 0.717) is 0 Å². The summed E-state index contributed by atoms with van der Waals surface area (Å²) in [5, 5.41) is 0. The lowest BCUT2D eigenvalue weighted by Gasteiger charge is -2.21. The van der Waals surface area contributed by atoms with Crippen LogP contribution in [0.1, 0.15) is 38.8 Å². The second kappa shape index (κ2) is 6.57. The predicted octanol–water partition coefficient (Wildman–Crippen LogP) is 2.67. The number of hydrogen-bond donors (Lipinski definition) is 1. The first-order valence-corrected chi connectivity index (χ1v) is 6.47. The molecular formula is C15H23NO3. The van der Waals surface area contributed by atoms with Crippen molar-refractivity contribution < 1.29 is 14.3 Å². The Kier molecular flexibility index (Phi) is 5.36. The monoisotopic (exact) mass is 265 g/mol. The Morgan fingerprint density at radius 3 is 2.37 bits per heavy atom. The van der Waals surface area contributed by atoms with E-state index in [9.17, 15) is 4.79 Å². The van der Waals surface area contributed by atoms with Gasteiger partial charge in [-0.3, -0.25) is 4.79 Å². The van der Waals surface area contributed by atoms with Gasteiger partial charge in [0.05, 0.1) is 12.5 Å². The standard InChI is InChI=1S/C15H23NO3/c1-5-13(16)11-6-8-12(9-7-11)19-10-15(2,3)14(17)18-4/h6-9,13H,5,10,16H2,1-4H3/t13-/m0/s1. The number of hydrogen-bond acceptors (Lipinski definition) is 4. The average Bonchev–Trinajstić information content (AvgIpc) is 2.43. The molecule has 0 radical (unpaired) electrons. The molecule has 0 spiro atoms. The zero-order valence-electron chi connectivity index (χ0n) is 12.1. The van der Waals surface area contributed by atoms with Crippen molar-refractivity contribution in [2.75, 3.05) is 13.7 Å². The van der Waals surface area contributed by atoms with Crippen molar-refractivity contribution in [3.8, 4) is 5.75 Å². The van der Waals surface area contributed by atoms with E-state index >= 15 is 0 Å². The molecule has 0 saturated heterocycles. The van der Waals surface area contributed by atoms with Gasteiger partial charge in [-0.1, -0.05) is 19.1 Å². The first kappa shape index (κ1) is 15.5. The molecule has 4 nitrogen and oxygen atoms in total. The van der Waals surface area contributed by atoms with Crippen LogP contribution in [0, 0.1) is 5.41 Å². The summed E-state index contributed by atoms with van der Waals surface area (Å²) >= 11 is 0. The third-order valence-corrected chi connectivity index (χ3v) is 3.09. The maximum absolute atomic E-state index is 11.5. The maximum atomic E-state index is 11.5. The Hall–Kier alpha value is -1.55. The Labute approximate surface area is 114 Å². The fraction of sp³-hybridized carbons (Fsp3) is 0.533. The van der Waals surface area contributed by atoms with E-state index in [1.165, 1.54) is 7.11 Å². The number of rotatable bonds is 6. The molecule has 1 rings (SSSR count). The molecule has 0 saturated carbocycles. The summed E-state index contributed by atoms with van der Waals surface area (Å²) in [5.74, 6) is 0.446. The van der Waals surface area contributed by atoms with Crippen LogP contribution in [0.5, 0.6) is 5.75 Å². The van der Waals surface area contributed by atoms with E-state index in [4.69, 9.17) is 15.2 Å². The maximum Gasteiger partial charge on any atom is 0.314 e. The first-order valence-electron chi connectivity index (χ1n) is 6.47. The minimum Gasteiger partial charge on any atom is -0.492 e. The van der Waals surface area contributed by atoms with Gasteiger partial charge in [0.15, 0.2) is 0 Å². The summed E-state index contributed by atoms with van der Waals surface area (Å²) in [6.07, 6.45) is 0.898. The van der Waals surface area contributed by atoms with Gasteiger partial charge in [-0.2, -0.15) is 0 Å². The predicted molar refractivity (Wildman–Crippen MR) is 75.0 cm³/mol. The van der Waals surface area contributed by atoms with Crippen LogP contribution in [-0.2, 0) is 9.53 Å². The molecule has 0 aliphatic carbocycles. The normalized spacial score (nSPS) is 12.9. The quantitative estimate of drug-likeness (QED) is 0.803. The van der Waals surface area contributed by atoms with Crippen molar-refractivity contribution >= 4 is 5.97 Å². The van der Waals surface area contributed by atoms with Gasteiger partial charge in [0.2, 0.25) is 0 Å².